The smallest absolute Gasteiger partial charge is 0.220 e. The van der Waals surface area contributed by atoms with Gasteiger partial charge in [0.05, 0.1) is 18.5 Å². The molecule has 1 amide bonds. The summed E-state index contributed by atoms with van der Waals surface area (Å²) >= 11 is 0. The van der Waals surface area contributed by atoms with Gasteiger partial charge in [0.15, 0.2) is 0 Å². The van der Waals surface area contributed by atoms with Crippen LogP contribution in [-0.2, 0) is 4.79 Å². The molecule has 1 saturated carbocycles. The van der Waals surface area contributed by atoms with Gasteiger partial charge >= 0.3 is 0 Å². The zero-order chi connectivity index (χ0) is 15.3. The molecule has 1 aliphatic carbocycles. The molecule has 2 aliphatic heterocycles. The SMILES string of the molecule is NC(=O)C1CCNC2(C1)CC2[C@@H]1CCOc2cc(F)cnc21. The van der Waals surface area contributed by atoms with E-state index in [4.69, 9.17) is 10.5 Å². The molecule has 5 nitrogen and oxygen atoms in total. The third-order valence-corrected chi connectivity index (χ3v) is 5.49. The van der Waals surface area contributed by atoms with E-state index >= 15 is 0 Å². The van der Waals surface area contributed by atoms with Gasteiger partial charge in [-0.2, -0.15) is 0 Å². The minimum atomic E-state index is -0.366. The van der Waals surface area contributed by atoms with Crippen LogP contribution in [0.4, 0.5) is 4.39 Å². The molecule has 1 saturated heterocycles. The second kappa shape index (κ2) is 4.91. The fraction of sp³-hybridized carbons (Fsp3) is 0.625. The van der Waals surface area contributed by atoms with E-state index in [2.05, 4.69) is 10.3 Å². The third-order valence-electron chi connectivity index (χ3n) is 5.49. The lowest BCUT2D eigenvalue weighted by Gasteiger charge is -2.33. The normalized spacial score (nSPS) is 36.5. The summed E-state index contributed by atoms with van der Waals surface area (Å²) in [4.78, 5) is 15.8. The maximum atomic E-state index is 13.3. The van der Waals surface area contributed by atoms with Crippen molar-refractivity contribution in [1.82, 2.24) is 10.3 Å². The zero-order valence-electron chi connectivity index (χ0n) is 12.3. The van der Waals surface area contributed by atoms with Crippen molar-refractivity contribution in [1.29, 1.82) is 0 Å². The topological polar surface area (TPSA) is 77.2 Å². The van der Waals surface area contributed by atoms with Crippen molar-refractivity contribution in [2.45, 2.75) is 37.1 Å². The lowest BCUT2D eigenvalue weighted by molar-refractivity contribution is -0.123. The van der Waals surface area contributed by atoms with Crippen molar-refractivity contribution in [2.24, 2.45) is 17.6 Å². The molecule has 3 unspecified atom stereocenters. The Bertz CT molecular complexity index is 623. The zero-order valence-corrected chi connectivity index (χ0v) is 12.3. The molecule has 0 radical (unpaired) electrons. The van der Waals surface area contributed by atoms with Crippen molar-refractivity contribution >= 4 is 5.91 Å². The molecule has 4 atom stereocenters. The van der Waals surface area contributed by atoms with Crippen LogP contribution in [0.3, 0.4) is 0 Å². The number of fused-ring (bicyclic) bond motifs is 1. The number of rotatable bonds is 2. The number of nitrogens with one attached hydrogen (secondary N) is 1. The number of ether oxygens (including phenoxy) is 1. The highest BCUT2D eigenvalue weighted by atomic mass is 19.1. The number of carbonyl (C=O) groups is 1. The summed E-state index contributed by atoms with van der Waals surface area (Å²) < 4.78 is 18.9. The number of hydrogen-bond donors (Lipinski definition) is 2. The van der Waals surface area contributed by atoms with Gasteiger partial charge in [-0.1, -0.05) is 0 Å². The average Bonchev–Trinajstić information content (AvgIpc) is 3.19. The predicted molar refractivity (Wildman–Crippen MR) is 77.8 cm³/mol. The number of aromatic nitrogens is 1. The van der Waals surface area contributed by atoms with Crippen LogP contribution in [0, 0.1) is 17.7 Å². The van der Waals surface area contributed by atoms with E-state index < -0.39 is 0 Å². The highest BCUT2D eigenvalue weighted by Gasteiger charge is 2.60. The third kappa shape index (κ3) is 2.17. The second-order valence-electron chi connectivity index (χ2n) is 6.77. The first-order valence-electron chi connectivity index (χ1n) is 7.92. The van der Waals surface area contributed by atoms with Gasteiger partial charge < -0.3 is 15.8 Å². The number of nitrogens with two attached hydrogens (primary N) is 1. The second-order valence-corrected chi connectivity index (χ2v) is 6.77. The largest absolute Gasteiger partial charge is 0.492 e. The Morgan fingerprint density at radius 1 is 1.45 bits per heavy atom. The Kier molecular flexibility index (Phi) is 3.11. The van der Waals surface area contributed by atoms with Crippen molar-refractivity contribution < 1.29 is 13.9 Å². The molecule has 6 heteroatoms. The van der Waals surface area contributed by atoms with Gasteiger partial charge in [0.25, 0.3) is 0 Å². The average molecular weight is 305 g/mol. The molecular weight excluding hydrogens is 285 g/mol. The van der Waals surface area contributed by atoms with Crippen LogP contribution >= 0.6 is 0 Å². The summed E-state index contributed by atoms with van der Waals surface area (Å²) in [6, 6.07) is 1.42. The van der Waals surface area contributed by atoms with Crippen LogP contribution in [-0.4, -0.2) is 29.6 Å². The van der Waals surface area contributed by atoms with Crippen molar-refractivity contribution in [2.75, 3.05) is 13.2 Å². The number of amides is 1. The van der Waals surface area contributed by atoms with Crippen LogP contribution in [0.25, 0.3) is 0 Å². The number of pyridine rings is 1. The fourth-order valence-electron chi connectivity index (χ4n) is 4.30. The first kappa shape index (κ1) is 13.9. The molecule has 1 spiro atoms. The highest BCUT2D eigenvalue weighted by molar-refractivity contribution is 5.77. The summed E-state index contributed by atoms with van der Waals surface area (Å²) in [7, 11) is 0. The van der Waals surface area contributed by atoms with Crippen LogP contribution in [0.15, 0.2) is 12.3 Å². The van der Waals surface area contributed by atoms with Crippen LogP contribution in [0.2, 0.25) is 0 Å². The van der Waals surface area contributed by atoms with E-state index in [9.17, 15) is 9.18 Å². The van der Waals surface area contributed by atoms with Crippen molar-refractivity contribution in [3.05, 3.63) is 23.8 Å². The van der Waals surface area contributed by atoms with Crippen LogP contribution in [0.1, 0.15) is 37.3 Å². The molecule has 1 aromatic heterocycles. The Morgan fingerprint density at radius 2 is 2.32 bits per heavy atom. The Labute approximate surface area is 128 Å². The minimum absolute atomic E-state index is 0.00723. The van der Waals surface area contributed by atoms with Gasteiger partial charge in [0.1, 0.15) is 11.6 Å². The first-order chi connectivity index (χ1) is 10.6. The van der Waals surface area contributed by atoms with Gasteiger partial charge in [-0.25, -0.2) is 4.39 Å². The molecule has 0 aromatic carbocycles. The van der Waals surface area contributed by atoms with E-state index in [1.807, 2.05) is 0 Å². The van der Waals surface area contributed by atoms with Gasteiger partial charge in [0, 0.05) is 23.4 Å². The van der Waals surface area contributed by atoms with Crippen molar-refractivity contribution in [3.63, 3.8) is 0 Å². The van der Waals surface area contributed by atoms with Gasteiger partial charge in [0.2, 0.25) is 5.91 Å². The quantitative estimate of drug-likeness (QED) is 0.864. The molecular formula is C16H20FN3O2. The van der Waals surface area contributed by atoms with E-state index in [1.54, 1.807) is 0 Å². The van der Waals surface area contributed by atoms with E-state index in [-0.39, 0.29) is 29.1 Å². The number of carbonyl (C=O) groups excluding carboxylic acids is 1. The number of hydrogen-bond acceptors (Lipinski definition) is 4. The Morgan fingerprint density at radius 3 is 3.14 bits per heavy atom. The summed E-state index contributed by atoms with van der Waals surface area (Å²) in [5, 5.41) is 3.59. The van der Waals surface area contributed by atoms with Gasteiger partial charge in [-0.3, -0.25) is 9.78 Å². The molecule has 118 valence electrons. The standard InChI is InChI=1S/C16H20FN3O2/c17-10-5-13-14(19-8-10)11(2-4-22-13)12-7-16(12)6-9(15(18)21)1-3-20-16/h5,8-9,11-12,20H,1-4,6-7H2,(H2,18,21)/t9?,11-,12?,16?/m0/s1. The highest BCUT2D eigenvalue weighted by Crippen LogP contribution is 2.58. The molecule has 1 aromatic rings. The molecule has 3 aliphatic rings. The summed E-state index contributed by atoms with van der Waals surface area (Å²) in [6.45, 7) is 1.42. The monoisotopic (exact) mass is 305 g/mol. The molecule has 2 fully saturated rings. The lowest BCUT2D eigenvalue weighted by Crippen LogP contribution is -2.46. The summed E-state index contributed by atoms with van der Waals surface area (Å²) in [6.07, 6.45) is 4.80. The number of primary amides is 1. The summed E-state index contributed by atoms with van der Waals surface area (Å²) in [5.41, 5.74) is 6.36. The maximum Gasteiger partial charge on any atom is 0.220 e. The predicted octanol–water partition coefficient (Wildman–Crippen LogP) is 1.33. The van der Waals surface area contributed by atoms with Crippen LogP contribution < -0.4 is 15.8 Å². The maximum absolute atomic E-state index is 13.3. The lowest BCUT2D eigenvalue weighted by atomic mass is 9.84. The Hall–Kier alpha value is -1.69. The van der Waals surface area contributed by atoms with E-state index in [1.165, 1.54) is 12.3 Å². The van der Waals surface area contributed by atoms with Gasteiger partial charge in [-0.05, 0) is 38.1 Å². The molecule has 0 bridgehead atoms. The summed E-state index contributed by atoms with van der Waals surface area (Å²) in [5.74, 6) is 0.666. The van der Waals surface area contributed by atoms with Crippen LogP contribution in [0.5, 0.6) is 5.75 Å². The van der Waals surface area contributed by atoms with E-state index in [0.29, 0.717) is 18.3 Å². The number of piperidine rings is 1. The van der Waals surface area contributed by atoms with Crippen molar-refractivity contribution in [3.8, 4) is 5.75 Å². The Balaban J connectivity index is 1.57. The first-order valence-corrected chi connectivity index (χ1v) is 7.92. The number of halogens is 1. The van der Waals surface area contributed by atoms with E-state index in [0.717, 1.165) is 37.9 Å². The molecule has 4 rings (SSSR count). The molecule has 3 N–H and O–H groups in total. The molecule has 22 heavy (non-hydrogen) atoms. The minimum Gasteiger partial charge on any atom is -0.492 e. The number of nitrogens with zero attached hydrogens (tertiary/aromatic N) is 1. The molecule has 3 heterocycles. The fourth-order valence-corrected chi connectivity index (χ4v) is 4.30. The van der Waals surface area contributed by atoms with Gasteiger partial charge in [-0.15, -0.1) is 0 Å².